The standard InChI is InChI=1S/C16H20N2O4/c1-10(21-2)5-4-8-22-13-7-3-6-11-9-12(15(17)19)16(20)18-14(11)13/h3,6-7,9-10H,4-5,8H2,1-2H3,(H2,17,19)(H,18,20). The minimum absolute atomic E-state index is 0.0569. The Kier molecular flexibility index (Phi) is 5.16. The Morgan fingerprint density at radius 3 is 2.86 bits per heavy atom. The lowest BCUT2D eigenvalue weighted by Crippen LogP contribution is -2.23. The van der Waals surface area contributed by atoms with E-state index in [4.69, 9.17) is 15.2 Å². The largest absolute Gasteiger partial charge is 0.491 e. The van der Waals surface area contributed by atoms with Gasteiger partial charge in [0.1, 0.15) is 11.3 Å². The lowest BCUT2D eigenvalue weighted by Gasteiger charge is -2.11. The minimum atomic E-state index is -0.747. The normalized spacial score (nSPS) is 12.3. The molecule has 6 nitrogen and oxygen atoms in total. The van der Waals surface area contributed by atoms with Gasteiger partial charge in [-0.1, -0.05) is 12.1 Å². The Hall–Kier alpha value is -2.34. The number of aromatic amines is 1. The van der Waals surface area contributed by atoms with Crippen molar-refractivity contribution >= 4 is 16.8 Å². The first-order valence-electron chi connectivity index (χ1n) is 7.14. The average molecular weight is 304 g/mol. The second-order valence-corrected chi connectivity index (χ2v) is 5.13. The Morgan fingerprint density at radius 2 is 2.18 bits per heavy atom. The molecule has 2 rings (SSSR count). The highest BCUT2D eigenvalue weighted by Crippen LogP contribution is 2.23. The van der Waals surface area contributed by atoms with Crippen LogP contribution in [-0.4, -0.2) is 30.7 Å². The maximum Gasteiger partial charge on any atom is 0.261 e. The van der Waals surface area contributed by atoms with Crippen molar-refractivity contribution in [1.82, 2.24) is 4.98 Å². The van der Waals surface area contributed by atoms with Crippen LogP contribution in [0, 0.1) is 0 Å². The van der Waals surface area contributed by atoms with E-state index in [1.165, 1.54) is 6.07 Å². The van der Waals surface area contributed by atoms with E-state index in [1.54, 1.807) is 25.3 Å². The summed E-state index contributed by atoms with van der Waals surface area (Å²) in [6.45, 7) is 2.52. The number of nitrogens with one attached hydrogen (secondary N) is 1. The van der Waals surface area contributed by atoms with E-state index in [0.717, 1.165) is 12.8 Å². The van der Waals surface area contributed by atoms with Gasteiger partial charge in [-0.3, -0.25) is 9.59 Å². The molecule has 1 aromatic heterocycles. The number of fused-ring (bicyclic) bond motifs is 1. The van der Waals surface area contributed by atoms with E-state index in [-0.39, 0.29) is 11.7 Å². The van der Waals surface area contributed by atoms with Gasteiger partial charge in [0, 0.05) is 12.5 Å². The van der Waals surface area contributed by atoms with Crippen LogP contribution in [0.15, 0.2) is 29.1 Å². The van der Waals surface area contributed by atoms with Gasteiger partial charge in [-0.15, -0.1) is 0 Å². The van der Waals surface area contributed by atoms with Crippen LogP contribution in [-0.2, 0) is 4.74 Å². The van der Waals surface area contributed by atoms with Crippen molar-refractivity contribution in [3.63, 3.8) is 0 Å². The van der Waals surface area contributed by atoms with Crippen molar-refractivity contribution < 1.29 is 14.3 Å². The number of H-pyrrole nitrogens is 1. The summed E-state index contributed by atoms with van der Waals surface area (Å²) in [4.78, 5) is 25.7. The second-order valence-electron chi connectivity index (χ2n) is 5.13. The van der Waals surface area contributed by atoms with E-state index in [0.29, 0.717) is 23.3 Å². The Morgan fingerprint density at radius 1 is 1.41 bits per heavy atom. The van der Waals surface area contributed by atoms with Gasteiger partial charge in [0.15, 0.2) is 0 Å². The molecule has 0 aliphatic carbocycles. The van der Waals surface area contributed by atoms with Crippen molar-refractivity contribution in [2.75, 3.05) is 13.7 Å². The van der Waals surface area contributed by atoms with Crippen LogP contribution in [0.1, 0.15) is 30.1 Å². The van der Waals surface area contributed by atoms with E-state index in [2.05, 4.69) is 4.98 Å². The van der Waals surface area contributed by atoms with Crippen LogP contribution in [0.5, 0.6) is 5.75 Å². The van der Waals surface area contributed by atoms with Crippen molar-refractivity contribution in [2.45, 2.75) is 25.9 Å². The molecule has 22 heavy (non-hydrogen) atoms. The number of carbonyl (C=O) groups excluding carboxylic acids is 1. The van der Waals surface area contributed by atoms with Crippen molar-refractivity contribution in [2.24, 2.45) is 5.73 Å². The van der Waals surface area contributed by atoms with E-state index < -0.39 is 11.5 Å². The molecule has 1 aromatic carbocycles. The molecule has 0 saturated heterocycles. The fourth-order valence-corrected chi connectivity index (χ4v) is 2.18. The summed E-state index contributed by atoms with van der Waals surface area (Å²) in [7, 11) is 1.68. The minimum Gasteiger partial charge on any atom is -0.491 e. The fraction of sp³-hybridized carbons (Fsp3) is 0.375. The van der Waals surface area contributed by atoms with E-state index in [1.807, 2.05) is 6.92 Å². The quantitative estimate of drug-likeness (QED) is 0.763. The molecule has 1 unspecified atom stereocenters. The molecule has 0 radical (unpaired) electrons. The first-order chi connectivity index (χ1) is 10.5. The van der Waals surface area contributed by atoms with Crippen LogP contribution in [0.25, 0.3) is 10.9 Å². The maximum absolute atomic E-state index is 11.9. The van der Waals surface area contributed by atoms with Crippen LogP contribution in [0.4, 0.5) is 0 Å². The molecule has 0 aliphatic rings. The molecule has 0 spiro atoms. The number of ether oxygens (including phenoxy) is 2. The summed E-state index contributed by atoms with van der Waals surface area (Å²) < 4.78 is 10.9. The van der Waals surface area contributed by atoms with Crippen molar-refractivity contribution in [3.8, 4) is 5.75 Å². The molecule has 0 saturated carbocycles. The van der Waals surface area contributed by atoms with E-state index >= 15 is 0 Å². The van der Waals surface area contributed by atoms with Crippen molar-refractivity contribution in [3.05, 3.63) is 40.2 Å². The van der Waals surface area contributed by atoms with Gasteiger partial charge >= 0.3 is 0 Å². The molecule has 118 valence electrons. The Balaban J connectivity index is 2.19. The summed E-state index contributed by atoms with van der Waals surface area (Å²) in [5.74, 6) is -0.168. The monoisotopic (exact) mass is 304 g/mol. The zero-order valence-electron chi connectivity index (χ0n) is 12.7. The van der Waals surface area contributed by atoms with Crippen LogP contribution < -0.4 is 16.0 Å². The SMILES string of the molecule is COC(C)CCCOc1cccc2cc(C(N)=O)c(=O)[nH]c12. The molecule has 3 N–H and O–H groups in total. The zero-order valence-corrected chi connectivity index (χ0v) is 12.7. The molecule has 6 heteroatoms. The van der Waals surface area contributed by atoms with Crippen molar-refractivity contribution in [1.29, 1.82) is 0 Å². The topological polar surface area (TPSA) is 94.4 Å². The molecule has 0 aliphatic heterocycles. The molecule has 2 aromatic rings. The number of pyridine rings is 1. The smallest absolute Gasteiger partial charge is 0.261 e. The third kappa shape index (κ3) is 3.65. The lowest BCUT2D eigenvalue weighted by atomic mass is 10.1. The molecule has 0 fully saturated rings. The molecular formula is C16H20N2O4. The first-order valence-corrected chi connectivity index (χ1v) is 7.14. The van der Waals surface area contributed by atoms with Gasteiger partial charge in [0.25, 0.3) is 11.5 Å². The van der Waals surface area contributed by atoms with Gasteiger partial charge in [0.2, 0.25) is 0 Å². The summed E-state index contributed by atoms with van der Waals surface area (Å²) >= 11 is 0. The summed E-state index contributed by atoms with van der Waals surface area (Å²) in [5, 5.41) is 0.705. The van der Waals surface area contributed by atoms with Gasteiger partial charge < -0.3 is 20.2 Å². The van der Waals surface area contributed by atoms with E-state index in [9.17, 15) is 9.59 Å². The third-order valence-corrected chi connectivity index (χ3v) is 3.52. The van der Waals surface area contributed by atoms with Crippen LogP contribution in [0.3, 0.4) is 0 Å². The van der Waals surface area contributed by atoms with Gasteiger partial charge in [-0.25, -0.2) is 0 Å². The molecular weight excluding hydrogens is 284 g/mol. The average Bonchev–Trinajstić information content (AvgIpc) is 2.50. The van der Waals surface area contributed by atoms with Crippen LogP contribution in [0.2, 0.25) is 0 Å². The van der Waals surface area contributed by atoms with Gasteiger partial charge in [0.05, 0.1) is 18.2 Å². The number of rotatable bonds is 7. The highest BCUT2D eigenvalue weighted by molar-refractivity contribution is 5.97. The summed E-state index contributed by atoms with van der Waals surface area (Å²) in [6.07, 6.45) is 1.92. The Bertz CT molecular complexity index is 724. The van der Waals surface area contributed by atoms with Gasteiger partial charge in [-0.2, -0.15) is 0 Å². The number of primary amides is 1. The van der Waals surface area contributed by atoms with Crippen LogP contribution >= 0.6 is 0 Å². The summed E-state index contributed by atoms with van der Waals surface area (Å²) in [6, 6.07) is 6.86. The predicted octanol–water partition coefficient (Wildman–Crippen LogP) is 1.82. The first kappa shape index (κ1) is 16.0. The molecule has 1 atom stereocenters. The number of nitrogens with two attached hydrogens (primary N) is 1. The zero-order chi connectivity index (χ0) is 16.1. The number of amides is 1. The summed E-state index contributed by atoms with van der Waals surface area (Å²) in [5.41, 5.74) is 5.18. The number of hydrogen-bond acceptors (Lipinski definition) is 4. The number of benzene rings is 1. The predicted molar refractivity (Wildman–Crippen MR) is 84.3 cm³/mol. The number of hydrogen-bond donors (Lipinski definition) is 2. The number of methoxy groups -OCH3 is 1. The highest BCUT2D eigenvalue weighted by Gasteiger charge is 2.11. The lowest BCUT2D eigenvalue weighted by molar-refractivity contribution is 0.0999. The Labute approximate surface area is 128 Å². The maximum atomic E-state index is 11.9. The number of aromatic nitrogens is 1. The van der Waals surface area contributed by atoms with Gasteiger partial charge in [-0.05, 0) is 31.9 Å². The third-order valence-electron chi connectivity index (χ3n) is 3.52. The second kappa shape index (κ2) is 7.09. The molecule has 1 heterocycles. The highest BCUT2D eigenvalue weighted by atomic mass is 16.5. The number of para-hydroxylation sites is 1. The number of carbonyl (C=O) groups is 1. The molecule has 1 amide bonds. The molecule has 0 bridgehead atoms. The fourth-order valence-electron chi connectivity index (χ4n) is 2.18.